The zero-order valence-corrected chi connectivity index (χ0v) is 8.84. The maximum absolute atomic E-state index is 10.7. The minimum atomic E-state index is -1.01. The highest BCUT2D eigenvalue weighted by molar-refractivity contribution is 5.85. The van der Waals surface area contributed by atoms with Crippen LogP contribution in [0.15, 0.2) is 36.4 Å². The summed E-state index contributed by atoms with van der Waals surface area (Å²) in [6.45, 7) is 2.01. The number of nitrogens with one attached hydrogen (secondary N) is 1. The molecule has 1 aromatic carbocycles. The van der Waals surface area contributed by atoms with E-state index in [0.29, 0.717) is 0 Å². The molecule has 2 rings (SSSR count). The Morgan fingerprint density at radius 1 is 1.38 bits per heavy atom. The van der Waals surface area contributed by atoms with Crippen molar-refractivity contribution in [2.75, 3.05) is 0 Å². The second-order valence-electron chi connectivity index (χ2n) is 3.65. The highest BCUT2D eigenvalue weighted by Gasteiger charge is 2.14. The number of benzene rings is 1. The molecule has 1 atom stereocenters. The van der Waals surface area contributed by atoms with Crippen molar-refractivity contribution in [2.45, 2.75) is 12.8 Å². The maximum Gasteiger partial charge on any atom is 0.356 e. The van der Waals surface area contributed by atoms with Crippen LogP contribution in [0.4, 0.5) is 0 Å². The molecule has 0 amide bonds. The van der Waals surface area contributed by atoms with Crippen LogP contribution in [0.1, 0.15) is 34.6 Å². The molecule has 1 heterocycles. The van der Waals surface area contributed by atoms with Gasteiger partial charge < -0.3 is 5.11 Å². The molecule has 0 spiro atoms. The van der Waals surface area contributed by atoms with E-state index in [1.165, 1.54) is 0 Å². The van der Waals surface area contributed by atoms with Gasteiger partial charge in [-0.2, -0.15) is 5.10 Å². The van der Waals surface area contributed by atoms with E-state index >= 15 is 0 Å². The van der Waals surface area contributed by atoms with Gasteiger partial charge in [0.1, 0.15) is 0 Å². The molecule has 4 nitrogen and oxygen atoms in total. The lowest BCUT2D eigenvalue weighted by atomic mass is 9.98. The molecule has 0 saturated heterocycles. The van der Waals surface area contributed by atoms with E-state index in [-0.39, 0.29) is 11.6 Å². The fraction of sp³-hybridized carbons (Fsp3) is 0.167. The third-order valence-corrected chi connectivity index (χ3v) is 2.58. The Labute approximate surface area is 92.9 Å². The Kier molecular flexibility index (Phi) is 2.72. The first-order valence-corrected chi connectivity index (χ1v) is 5.02. The number of hydrogen-bond donors (Lipinski definition) is 2. The SMILES string of the molecule is C[C@H](c1ccccc1)c1cc(C(=O)O)n[nH]1. The number of carboxylic acids is 1. The lowest BCUT2D eigenvalue weighted by Gasteiger charge is -2.08. The Balaban J connectivity index is 2.27. The van der Waals surface area contributed by atoms with Crippen molar-refractivity contribution in [3.63, 3.8) is 0 Å². The molecule has 0 saturated carbocycles. The topological polar surface area (TPSA) is 66.0 Å². The van der Waals surface area contributed by atoms with Crippen molar-refractivity contribution >= 4 is 5.97 Å². The van der Waals surface area contributed by atoms with E-state index in [9.17, 15) is 4.79 Å². The summed E-state index contributed by atoms with van der Waals surface area (Å²) >= 11 is 0. The van der Waals surface area contributed by atoms with Crippen LogP contribution in [0.5, 0.6) is 0 Å². The lowest BCUT2D eigenvalue weighted by Crippen LogP contribution is -1.96. The predicted octanol–water partition coefficient (Wildman–Crippen LogP) is 2.26. The van der Waals surface area contributed by atoms with E-state index in [4.69, 9.17) is 5.11 Å². The van der Waals surface area contributed by atoms with Crippen molar-refractivity contribution in [1.29, 1.82) is 0 Å². The molecule has 0 fully saturated rings. The van der Waals surface area contributed by atoms with Crippen LogP contribution in [0.25, 0.3) is 0 Å². The fourth-order valence-corrected chi connectivity index (χ4v) is 1.59. The first-order chi connectivity index (χ1) is 7.68. The summed E-state index contributed by atoms with van der Waals surface area (Å²) < 4.78 is 0. The number of aromatic nitrogens is 2. The van der Waals surface area contributed by atoms with Gasteiger partial charge in [0.25, 0.3) is 0 Å². The van der Waals surface area contributed by atoms with Crippen LogP contribution < -0.4 is 0 Å². The highest BCUT2D eigenvalue weighted by atomic mass is 16.4. The smallest absolute Gasteiger partial charge is 0.356 e. The van der Waals surface area contributed by atoms with Gasteiger partial charge in [-0.3, -0.25) is 5.10 Å². The van der Waals surface area contributed by atoms with Gasteiger partial charge in [0.2, 0.25) is 0 Å². The van der Waals surface area contributed by atoms with Crippen molar-refractivity contribution in [1.82, 2.24) is 10.2 Å². The second-order valence-corrected chi connectivity index (χ2v) is 3.65. The number of hydrogen-bond acceptors (Lipinski definition) is 2. The van der Waals surface area contributed by atoms with E-state index in [0.717, 1.165) is 11.3 Å². The molecule has 16 heavy (non-hydrogen) atoms. The molecule has 0 bridgehead atoms. The largest absolute Gasteiger partial charge is 0.476 e. The standard InChI is InChI=1S/C12H12N2O2/c1-8(9-5-3-2-4-6-9)10-7-11(12(15)16)14-13-10/h2-8H,1H3,(H,13,14)(H,15,16)/t8-/m1/s1. The van der Waals surface area contributed by atoms with Gasteiger partial charge in [0.15, 0.2) is 5.69 Å². The van der Waals surface area contributed by atoms with E-state index in [1.807, 2.05) is 37.3 Å². The highest BCUT2D eigenvalue weighted by Crippen LogP contribution is 2.22. The normalized spacial score (nSPS) is 12.3. The Morgan fingerprint density at radius 3 is 2.62 bits per heavy atom. The summed E-state index contributed by atoms with van der Waals surface area (Å²) in [5.41, 5.74) is 1.99. The van der Waals surface area contributed by atoms with Crippen LogP contribution in [0.2, 0.25) is 0 Å². The molecule has 0 aliphatic rings. The predicted molar refractivity (Wildman–Crippen MR) is 59.5 cm³/mol. The number of carboxylic acid groups (broad SMARTS) is 1. The molecule has 2 aromatic rings. The molecule has 0 aliphatic carbocycles. The molecule has 1 aromatic heterocycles. The summed E-state index contributed by atoms with van der Waals surface area (Å²) in [6, 6.07) is 11.4. The maximum atomic E-state index is 10.7. The Hall–Kier alpha value is -2.10. The first kappa shape index (κ1) is 10.4. The molecular weight excluding hydrogens is 204 g/mol. The zero-order valence-electron chi connectivity index (χ0n) is 8.84. The number of aromatic amines is 1. The molecule has 82 valence electrons. The zero-order chi connectivity index (χ0) is 11.5. The number of rotatable bonds is 3. The van der Waals surface area contributed by atoms with Crippen molar-refractivity contribution in [3.05, 3.63) is 53.3 Å². The van der Waals surface area contributed by atoms with Crippen LogP contribution in [-0.2, 0) is 0 Å². The molecule has 4 heteroatoms. The minimum absolute atomic E-state index is 0.0535. The average Bonchev–Trinajstić information content (AvgIpc) is 2.78. The monoisotopic (exact) mass is 216 g/mol. The van der Waals surface area contributed by atoms with E-state index < -0.39 is 5.97 Å². The van der Waals surface area contributed by atoms with Gasteiger partial charge in [-0.1, -0.05) is 37.3 Å². The number of H-pyrrole nitrogens is 1. The van der Waals surface area contributed by atoms with Crippen LogP contribution in [0.3, 0.4) is 0 Å². The molecule has 0 radical (unpaired) electrons. The molecular formula is C12H12N2O2. The first-order valence-electron chi connectivity index (χ1n) is 5.02. The Bertz CT molecular complexity index is 491. The average molecular weight is 216 g/mol. The van der Waals surface area contributed by atoms with Gasteiger partial charge in [-0.25, -0.2) is 4.79 Å². The van der Waals surface area contributed by atoms with Crippen LogP contribution in [0, 0.1) is 0 Å². The summed E-state index contributed by atoms with van der Waals surface area (Å²) in [7, 11) is 0. The van der Waals surface area contributed by atoms with Crippen molar-refractivity contribution in [2.24, 2.45) is 0 Å². The molecule has 0 aliphatic heterocycles. The van der Waals surface area contributed by atoms with Crippen molar-refractivity contribution in [3.8, 4) is 0 Å². The minimum Gasteiger partial charge on any atom is -0.476 e. The van der Waals surface area contributed by atoms with Gasteiger partial charge >= 0.3 is 5.97 Å². The summed E-state index contributed by atoms with van der Waals surface area (Å²) in [5, 5.41) is 15.3. The fourth-order valence-electron chi connectivity index (χ4n) is 1.59. The lowest BCUT2D eigenvalue weighted by molar-refractivity contribution is 0.0690. The van der Waals surface area contributed by atoms with Gasteiger partial charge in [-0.05, 0) is 11.6 Å². The third-order valence-electron chi connectivity index (χ3n) is 2.58. The third kappa shape index (κ3) is 1.95. The number of carbonyl (C=O) groups is 1. The van der Waals surface area contributed by atoms with Crippen LogP contribution >= 0.6 is 0 Å². The second kappa shape index (κ2) is 4.18. The van der Waals surface area contributed by atoms with E-state index in [2.05, 4.69) is 10.2 Å². The summed E-state index contributed by atoms with van der Waals surface area (Å²) in [4.78, 5) is 10.7. The van der Waals surface area contributed by atoms with Gasteiger partial charge in [0.05, 0.1) is 0 Å². The Morgan fingerprint density at radius 2 is 2.06 bits per heavy atom. The number of nitrogens with zero attached hydrogens (tertiary/aromatic N) is 1. The molecule has 2 N–H and O–H groups in total. The van der Waals surface area contributed by atoms with Crippen LogP contribution in [-0.4, -0.2) is 21.3 Å². The van der Waals surface area contributed by atoms with Gasteiger partial charge in [0, 0.05) is 11.6 Å². The quantitative estimate of drug-likeness (QED) is 0.827. The number of aromatic carboxylic acids is 1. The van der Waals surface area contributed by atoms with Gasteiger partial charge in [-0.15, -0.1) is 0 Å². The summed E-state index contributed by atoms with van der Waals surface area (Å²) in [6.07, 6.45) is 0. The summed E-state index contributed by atoms with van der Waals surface area (Å²) in [5.74, 6) is -0.899. The van der Waals surface area contributed by atoms with Crippen molar-refractivity contribution < 1.29 is 9.90 Å². The molecule has 0 unspecified atom stereocenters. The van der Waals surface area contributed by atoms with E-state index in [1.54, 1.807) is 6.07 Å².